The molecule has 0 saturated carbocycles. The maximum atomic E-state index is 11.7. The molecule has 1 amide bonds. The van der Waals surface area contributed by atoms with Crippen LogP contribution in [0.2, 0.25) is 0 Å². The smallest absolute Gasteiger partial charge is 0.222 e. The highest BCUT2D eigenvalue weighted by Gasteiger charge is 2.28. The van der Waals surface area contributed by atoms with Crippen LogP contribution in [0.1, 0.15) is 11.3 Å². The van der Waals surface area contributed by atoms with E-state index in [2.05, 4.69) is 16.1 Å². The Hall–Kier alpha value is -1.52. The average molecular weight is 250 g/mol. The van der Waals surface area contributed by atoms with E-state index in [9.17, 15) is 4.79 Å². The molecule has 5 nitrogen and oxygen atoms in total. The molecule has 1 saturated heterocycles. The number of carbonyl (C=O) groups excluding carboxylic acids is 1. The monoisotopic (exact) mass is 250 g/mol. The molecule has 1 aliphatic heterocycles. The Morgan fingerprint density at radius 2 is 2.53 bits per heavy atom. The van der Waals surface area contributed by atoms with Crippen LogP contribution in [0.5, 0.6) is 0 Å². The highest BCUT2D eigenvalue weighted by atomic mass is 32.1. The number of hydrogen-bond donors (Lipinski definition) is 0. The summed E-state index contributed by atoms with van der Waals surface area (Å²) in [4.78, 5) is 17.6. The summed E-state index contributed by atoms with van der Waals surface area (Å²) >= 11 is 1.72. The second-order valence-electron chi connectivity index (χ2n) is 4.15. The van der Waals surface area contributed by atoms with Crippen molar-refractivity contribution in [3.63, 3.8) is 0 Å². The summed E-state index contributed by atoms with van der Waals surface area (Å²) in [5, 5.41) is 5.58. The van der Waals surface area contributed by atoms with Crippen molar-refractivity contribution in [3.8, 4) is 0 Å². The van der Waals surface area contributed by atoms with Gasteiger partial charge in [-0.25, -0.2) is 0 Å². The average Bonchev–Trinajstić information content (AvgIpc) is 2.93. The molecule has 0 N–H and O–H groups in total. The van der Waals surface area contributed by atoms with Crippen molar-refractivity contribution in [2.45, 2.75) is 12.8 Å². The number of hydrogen-bond acceptors (Lipinski definition) is 3. The highest BCUT2D eigenvalue weighted by molar-refractivity contribution is 7.09. The SMILES string of the molecule is [N-]=[N+]=NCC1CC(=O)N(CCc2cccs2)C1. The normalized spacial score (nSPS) is 19.4. The Kier molecular flexibility index (Phi) is 4.01. The van der Waals surface area contributed by atoms with Crippen LogP contribution in [0, 0.1) is 5.92 Å². The highest BCUT2D eigenvalue weighted by Crippen LogP contribution is 2.19. The lowest BCUT2D eigenvalue weighted by Crippen LogP contribution is -2.27. The zero-order valence-corrected chi connectivity index (χ0v) is 10.3. The number of likely N-dealkylation sites (tertiary alicyclic amines) is 1. The van der Waals surface area contributed by atoms with Gasteiger partial charge in [-0.15, -0.1) is 11.3 Å². The minimum absolute atomic E-state index is 0.180. The van der Waals surface area contributed by atoms with Gasteiger partial charge in [0.2, 0.25) is 5.91 Å². The summed E-state index contributed by atoms with van der Waals surface area (Å²) in [6.45, 7) is 1.92. The molecule has 1 fully saturated rings. The van der Waals surface area contributed by atoms with Gasteiger partial charge in [0.1, 0.15) is 0 Å². The molecule has 1 aliphatic rings. The Morgan fingerprint density at radius 3 is 3.24 bits per heavy atom. The lowest BCUT2D eigenvalue weighted by atomic mass is 10.1. The van der Waals surface area contributed by atoms with Gasteiger partial charge in [0.15, 0.2) is 0 Å². The Bertz CT molecular complexity index is 425. The number of amides is 1. The van der Waals surface area contributed by atoms with Crippen LogP contribution in [0.3, 0.4) is 0 Å². The van der Waals surface area contributed by atoms with E-state index in [1.54, 1.807) is 11.3 Å². The maximum Gasteiger partial charge on any atom is 0.222 e. The topological polar surface area (TPSA) is 69.1 Å². The molecule has 0 aliphatic carbocycles. The van der Waals surface area contributed by atoms with E-state index in [0.717, 1.165) is 19.5 Å². The second kappa shape index (κ2) is 5.70. The molecule has 2 rings (SSSR count). The summed E-state index contributed by atoms with van der Waals surface area (Å²) in [7, 11) is 0. The summed E-state index contributed by atoms with van der Waals surface area (Å²) in [6.07, 6.45) is 1.43. The first-order valence-corrected chi connectivity index (χ1v) is 6.48. The first-order chi connectivity index (χ1) is 8.29. The van der Waals surface area contributed by atoms with Gasteiger partial charge >= 0.3 is 0 Å². The molecule has 1 atom stereocenters. The largest absolute Gasteiger partial charge is 0.342 e. The summed E-state index contributed by atoms with van der Waals surface area (Å²) in [5.41, 5.74) is 8.25. The van der Waals surface area contributed by atoms with Gasteiger partial charge in [-0.2, -0.15) is 0 Å². The molecule has 0 spiro atoms. The van der Waals surface area contributed by atoms with E-state index in [4.69, 9.17) is 5.53 Å². The fourth-order valence-electron chi connectivity index (χ4n) is 2.04. The van der Waals surface area contributed by atoms with Crippen LogP contribution in [0.4, 0.5) is 0 Å². The predicted molar refractivity (Wildman–Crippen MR) is 66.7 cm³/mol. The van der Waals surface area contributed by atoms with Crippen LogP contribution >= 0.6 is 11.3 Å². The van der Waals surface area contributed by atoms with Gasteiger partial charge in [0.25, 0.3) is 0 Å². The number of carbonyl (C=O) groups is 1. The Labute approximate surface area is 104 Å². The van der Waals surface area contributed by atoms with Gasteiger partial charge in [-0.3, -0.25) is 4.79 Å². The van der Waals surface area contributed by atoms with Crippen molar-refractivity contribution in [2.24, 2.45) is 11.0 Å². The van der Waals surface area contributed by atoms with Crippen LogP contribution in [0.15, 0.2) is 22.6 Å². The fourth-order valence-corrected chi connectivity index (χ4v) is 2.74. The molecule has 0 radical (unpaired) electrons. The third-order valence-corrected chi connectivity index (χ3v) is 3.84. The van der Waals surface area contributed by atoms with Crippen molar-refractivity contribution >= 4 is 17.2 Å². The van der Waals surface area contributed by atoms with Crippen molar-refractivity contribution in [1.82, 2.24) is 4.90 Å². The predicted octanol–water partition coefficient (Wildman–Crippen LogP) is 2.45. The molecular weight excluding hydrogens is 236 g/mol. The van der Waals surface area contributed by atoms with Crippen molar-refractivity contribution in [1.29, 1.82) is 0 Å². The molecule has 0 bridgehead atoms. The molecule has 90 valence electrons. The molecule has 2 heterocycles. The quantitative estimate of drug-likeness (QED) is 0.449. The van der Waals surface area contributed by atoms with Crippen LogP contribution in [-0.2, 0) is 11.2 Å². The molecule has 1 aromatic rings. The number of azide groups is 1. The van der Waals surface area contributed by atoms with Crippen LogP contribution < -0.4 is 0 Å². The van der Waals surface area contributed by atoms with Gasteiger partial charge in [-0.1, -0.05) is 11.2 Å². The lowest BCUT2D eigenvalue weighted by molar-refractivity contribution is -0.127. The number of nitrogens with zero attached hydrogens (tertiary/aromatic N) is 4. The summed E-state index contributed by atoms with van der Waals surface area (Å²) < 4.78 is 0. The van der Waals surface area contributed by atoms with Crippen molar-refractivity contribution in [3.05, 3.63) is 32.8 Å². The molecule has 1 unspecified atom stereocenters. The Morgan fingerprint density at radius 1 is 1.65 bits per heavy atom. The number of thiophene rings is 1. The first kappa shape index (κ1) is 12.0. The Balaban J connectivity index is 1.81. The van der Waals surface area contributed by atoms with E-state index in [1.807, 2.05) is 16.3 Å². The minimum Gasteiger partial charge on any atom is -0.342 e. The standard InChI is InChI=1S/C11H14N4OS/c12-14-13-7-9-6-11(16)15(8-9)4-3-10-2-1-5-17-10/h1-2,5,9H,3-4,6-8H2. The van der Waals surface area contributed by atoms with E-state index in [1.165, 1.54) is 4.88 Å². The zero-order valence-electron chi connectivity index (χ0n) is 9.45. The van der Waals surface area contributed by atoms with E-state index in [-0.39, 0.29) is 11.8 Å². The number of rotatable bonds is 5. The van der Waals surface area contributed by atoms with Gasteiger partial charge < -0.3 is 4.90 Å². The van der Waals surface area contributed by atoms with Crippen LogP contribution in [0.25, 0.3) is 10.4 Å². The van der Waals surface area contributed by atoms with Gasteiger partial charge in [-0.05, 0) is 29.3 Å². The molecule has 1 aromatic heterocycles. The maximum absolute atomic E-state index is 11.7. The third-order valence-electron chi connectivity index (χ3n) is 2.91. The van der Waals surface area contributed by atoms with Crippen molar-refractivity contribution in [2.75, 3.05) is 19.6 Å². The van der Waals surface area contributed by atoms with E-state index < -0.39 is 0 Å². The molecule has 0 aromatic carbocycles. The fraction of sp³-hybridized carbons (Fsp3) is 0.545. The van der Waals surface area contributed by atoms with E-state index in [0.29, 0.717) is 13.0 Å². The van der Waals surface area contributed by atoms with Crippen LogP contribution in [-0.4, -0.2) is 30.4 Å². The molecule has 6 heteroatoms. The van der Waals surface area contributed by atoms with E-state index >= 15 is 0 Å². The van der Waals surface area contributed by atoms with Crippen molar-refractivity contribution < 1.29 is 4.79 Å². The second-order valence-corrected chi connectivity index (χ2v) is 5.18. The molecular formula is C11H14N4OS. The molecule has 17 heavy (non-hydrogen) atoms. The summed E-state index contributed by atoms with van der Waals surface area (Å²) in [6, 6.07) is 4.11. The zero-order chi connectivity index (χ0) is 12.1. The van der Waals surface area contributed by atoms with Gasteiger partial charge in [0, 0.05) is 35.8 Å². The summed E-state index contributed by atoms with van der Waals surface area (Å²) in [5.74, 6) is 0.376. The third kappa shape index (κ3) is 3.22. The minimum atomic E-state index is 0.180. The first-order valence-electron chi connectivity index (χ1n) is 5.60. The lowest BCUT2D eigenvalue weighted by Gasteiger charge is -2.15. The van der Waals surface area contributed by atoms with Gasteiger partial charge in [0.05, 0.1) is 0 Å².